The van der Waals surface area contributed by atoms with Crippen LogP contribution in [0, 0.1) is 17.5 Å². The molecule has 0 atom stereocenters. The van der Waals surface area contributed by atoms with E-state index < -0.39 is 28.8 Å². The minimum atomic E-state index is -1.08. The van der Waals surface area contributed by atoms with Crippen LogP contribution in [0.2, 0.25) is 0 Å². The summed E-state index contributed by atoms with van der Waals surface area (Å²) in [6.07, 6.45) is 0. The molecule has 3 nitrogen and oxygen atoms in total. The molecule has 20 heavy (non-hydrogen) atoms. The number of nitrogen functional groups attached to an aromatic ring is 1. The van der Waals surface area contributed by atoms with Crippen LogP contribution in [0.25, 0.3) is 0 Å². The van der Waals surface area contributed by atoms with Gasteiger partial charge in [0, 0.05) is 6.07 Å². The van der Waals surface area contributed by atoms with E-state index in [1.165, 1.54) is 13.2 Å². The lowest BCUT2D eigenvalue weighted by Crippen LogP contribution is -2.08. The number of hydrogen-bond acceptors (Lipinski definition) is 3. The largest absolute Gasteiger partial charge is 0.496 e. The SMILES string of the molecule is COc1ccc(F)cc1C(=O)c1cc(N)c(F)cc1F. The van der Waals surface area contributed by atoms with Crippen LogP contribution in [0.3, 0.4) is 0 Å². The van der Waals surface area contributed by atoms with Crippen molar-refractivity contribution < 1.29 is 22.7 Å². The molecular weight excluding hydrogens is 271 g/mol. The van der Waals surface area contributed by atoms with E-state index in [1.807, 2.05) is 0 Å². The van der Waals surface area contributed by atoms with Gasteiger partial charge in [0.05, 0.1) is 23.9 Å². The zero-order chi connectivity index (χ0) is 14.9. The van der Waals surface area contributed by atoms with E-state index in [-0.39, 0.29) is 17.0 Å². The zero-order valence-electron chi connectivity index (χ0n) is 10.4. The Bertz CT molecular complexity index is 686. The molecule has 0 aromatic heterocycles. The minimum absolute atomic E-state index is 0.0821. The quantitative estimate of drug-likeness (QED) is 0.695. The average Bonchev–Trinajstić information content (AvgIpc) is 2.42. The van der Waals surface area contributed by atoms with Crippen LogP contribution in [0.1, 0.15) is 15.9 Å². The summed E-state index contributed by atoms with van der Waals surface area (Å²) in [7, 11) is 1.29. The number of halogens is 3. The van der Waals surface area contributed by atoms with Crippen molar-refractivity contribution in [3.63, 3.8) is 0 Å². The van der Waals surface area contributed by atoms with E-state index in [0.29, 0.717) is 6.07 Å². The van der Waals surface area contributed by atoms with E-state index >= 15 is 0 Å². The van der Waals surface area contributed by atoms with Crippen molar-refractivity contribution in [2.75, 3.05) is 12.8 Å². The van der Waals surface area contributed by atoms with Gasteiger partial charge in [0.1, 0.15) is 23.2 Å². The van der Waals surface area contributed by atoms with Crippen LogP contribution < -0.4 is 10.5 Å². The number of benzene rings is 2. The first kappa shape index (κ1) is 13.9. The summed E-state index contributed by atoms with van der Waals surface area (Å²) >= 11 is 0. The summed E-state index contributed by atoms with van der Waals surface area (Å²) in [6, 6.07) is 4.64. The van der Waals surface area contributed by atoms with Gasteiger partial charge in [-0.2, -0.15) is 0 Å². The predicted molar refractivity (Wildman–Crippen MR) is 67.2 cm³/mol. The molecule has 2 aromatic rings. The molecule has 0 bridgehead atoms. The van der Waals surface area contributed by atoms with E-state index in [1.54, 1.807) is 0 Å². The monoisotopic (exact) mass is 281 g/mol. The van der Waals surface area contributed by atoms with Gasteiger partial charge in [-0.15, -0.1) is 0 Å². The van der Waals surface area contributed by atoms with Crippen molar-refractivity contribution in [1.82, 2.24) is 0 Å². The predicted octanol–water partition coefficient (Wildman–Crippen LogP) is 2.93. The van der Waals surface area contributed by atoms with Gasteiger partial charge in [-0.1, -0.05) is 0 Å². The molecule has 2 N–H and O–H groups in total. The molecule has 0 saturated carbocycles. The lowest BCUT2D eigenvalue weighted by molar-refractivity contribution is 0.103. The molecule has 104 valence electrons. The minimum Gasteiger partial charge on any atom is -0.496 e. The van der Waals surface area contributed by atoms with Gasteiger partial charge < -0.3 is 10.5 Å². The number of methoxy groups -OCH3 is 1. The third-order valence-corrected chi connectivity index (χ3v) is 2.74. The summed E-state index contributed by atoms with van der Waals surface area (Å²) in [6.45, 7) is 0. The van der Waals surface area contributed by atoms with E-state index in [0.717, 1.165) is 18.2 Å². The maximum absolute atomic E-state index is 13.7. The number of nitrogens with two attached hydrogens (primary N) is 1. The van der Waals surface area contributed by atoms with Crippen molar-refractivity contribution in [2.45, 2.75) is 0 Å². The Morgan fingerprint density at radius 1 is 1.05 bits per heavy atom. The summed E-state index contributed by atoms with van der Waals surface area (Å²) in [5, 5.41) is 0. The van der Waals surface area contributed by atoms with E-state index in [2.05, 4.69) is 0 Å². The first-order valence-corrected chi connectivity index (χ1v) is 5.56. The molecule has 0 amide bonds. The molecule has 0 aliphatic carbocycles. The number of carbonyl (C=O) groups excluding carboxylic acids is 1. The summed E-state index contributed by atoms with van der Waals surface area (Å²) in [4.78, 5) is 12.2. The van der Waals surface area contributed by atoms with E-state index in [9.17, 15) is 18.0 Å². The molecule has 0 spiro atoms. The second-order valence-electron chi connectivity index (χ2n) is 4.03. The van der Waals surface area contributed by atoms with Crippen LogP contribution in [0.4, 0.5) is 18.9 Å². The van der Waals surface area contributed by atoms with Crippen molar-refractivity contribution in [2.24, 2.45) is 0 Å². The number of rotatable bonds is 3. The lowest BCUT2D eigenvalue weighted by atomic mass is 10.0. The fraction of sp³-hybridized carbons (Fsp3) is 0.0714. The molecule has 0 fully saturated rings. The summed E-state index contributed by atoms with van der Waals surface area (Å²) < 4.78 is 44.9. The van der Waals surface area contributed by atoms with Crippen LogP contribution in [0.5, 0.6) is 5.75 Å². The normalized spacial score (nSPS) is 10.4. The van der Waals surface area contributed by atoms with Crippen molar-refractivity contribution in [1.29, 1.82) is 0 Å². The van der Waals surface area contributed by atoms with E-state index in [4.69, 9.17) is 10.5 Å². The Balaban J connectivity index is 2.57. The second kappa shape index (κ2) is 5.24. The van der Waals surface area contributed by atoms with Crippen LogP contribution >= 0.6 is 0 Å². The second-order valence-corrected chi connectivity index (χ2v) is 4.03. The first-order chi connectivity index (χ1) is 9.43. The highest BCUT2D eigenvalue weighted by Crippen LogP contribution is 2.25. The Kier molecular flexibility index (Phi) is 3.65. The maximum Gasteiger partial charge on any atom is 0.199 e. The van der Waals surface area contributed by atoms with Gasteiger partial charge in [0.15, 0.2) is 5.78 Å². The van der Waals surface area contributed by atoms with Gasteiger partial charge >= 0.3 is 0 Å². The summed E-state index contributed by atoms with van der Waals surface area (Å²) in [5.74, 6) is -3.48. The number of hydrogen-bond donors (Lipinski definition) is 1. The summed E-state index contributed by atoms with van der Waals surface area (Å²) in [5.41, 5.74) is 4.32. The lowest BCUT2D eigenvalue weighted by Gasteiger charge is -2.09. The van der Waals surface area contributed by atoms with Crippen molar-refractivity contribution in [3.8, 4) is 5.75 Å². The van der Waals surface area contributed by atoms with Gasteiger partial charge in [-0.25, -0.2) is 13.2 Å². The third kappa shape index (κ3) is 2.45. The fourth-order valence-electron chi connectivity index (χ4n) is 1.74. The molecule has 6 heteroatoms. The van der Waals surface area contributed by atoms with Gasteiger partial charge in [-0.05, 0) is 24.3 Å². The first-order valence-electron chi connectivity index (χ1n) is 5.56. The highest BCUT2D eigenvalue weighted by Gasteiger charge is 2.20. The highest BCUT2D eigenvalue weighted by molar-refractivity contribution is 6.11. The molecule has 0 heterocycles. The Hall–Kier alpha value is -2.50. The Labute approximate surface area is 112 Å². The molecule has 0 aliphatic rings. The van der Waals surface area contributed by atoms with Gasteiger partial charge in [0.2, 0.25) is 0 Å². The Morgan fingerprint density at radius 2 is 1.75 bits per heavy atom. The number of ketones is 1. The van der Waals surface area contributed by atoms with Gasteiger partial charge in [-0.3, -0.25) is 4.79 Å². The number of ether oxygens (including phenoxy) is 1. The molecule has 0 radical (unpaired) electrons. The molecule has 0 unspecified atom stereocenters. The zero-order valence-corrected chi connectivity index (χ0v) is 10.4. The van der Waals surface area contributed by atoms with Crippen LogP contribution in [-0.4, -0.2) is 12.9 Å². The third-order valence-electron chi connectivity index (χ3n) is 2.74. The number of anilines is 1. The maximum atomic E-state index is 13.7. The van der Waals surface area contributed by atoms with Crippen molar-refractivity contribution in [3.05, 3.63) is 58.9 Å². The smallest absolute Gasteiger partial charge is 0.199 e. The fourth-order valence-corrected chi connectivity index (χ4v) is 1.74. The topological polar surface area (TPSA) is 52.3 Å². The average molecular weight is 281 g/mol. The molecule has 0 saturated heterocycles. The van der Waals surface area contributed by atoms with Crippen LogP contribution in [0.15, 0.2) is 30.3 Å². The number of carbonyl (C=O) groups is 1. The van der Waals surface area contributed by atoms with Gasteiger partial charge in [0.25, 0.3) is 0 Å². The van der Waals surface area contributed by atoms with Crippen molar-refractivity contribution >= 4 is 11.5 Å². The Morgan fingerprint density at radius 3 is 2.40 bits per heavy atom. The van der Waals surface area contributed by atoms with Crippen LogP contribution in [-0.2, 0) is 0 Å². The molecule has 2 rings (SSSR count). The molecular formula is C14H10F3NO2. The standard InChI is InChI=1S/C14H10F3NO2/c1-20-13-3-2-7(15)4-9(13)14(19)8-5-12(18)11(17)6-10(8)16/h2-6H,18H2,1H3. The highest BCUT2D eigenvalue weighted by atomic mass is 19.1. The molecule has 2 aromatic carbocycles. The molecule has 0 aliphatic heterocycles.